The highest BCUT2D eigenvalue weighted by molar-refractivity contribution is 6.24. The Morgan fingerprint density at radius 1 is 1.00 bits per heavy atom. The first-order valence-electron chi connectivity index (χ1n) is 15.2. The SMILES string of the molecule is CNCCOc1ccc(CN2C(=O)C(C(=O)Nc3ccc(C(F)(F)F)cc3-c3cc(C(F)(F)F)ncn3)=C(O)C3(CCCC3)N2C)c(F)c1F. The summed E-state index contributed by atoms with van der Waals surface area (Å²) in [5.41, 5.74) is -6.94. The van der Waals surface area contributed by atoms with Gasteiger partial charge in [0.1, 0.15) is 30.0 Å². The molecule has 3 aromatic rings. The Balaban J connectivity index is 1.54. The highest BCUT2D eigenvalue weighted by Crippen LogP contribution is 2.45. The van der Waals surface area contributed by atoms with Crippen LogP contribution in [0.2, 0.25) is 0 Å². The summed E-state index contributed by atoms with van der Waals surface area (Å²) in [4.78, 5) is 34.5. The van der Waals surface area contributed by atoms with Crippen LogP contribution in [0.1, 0.15) is 42.5 Å². The zero-order valence-corrected chi connectivity index (χ0v) is 26.5. The third kappa shape index (κ3) is 6.94. The zero-order valence-electron chi connectivity index (χ0n) is 26.5. The average Bonchev–Trinajstić information content (AvgIpc) is 3.56. The molecule has 2 heterocycles. The van der Waals surface area contributed by atoms with Gasteiger partial charge in [-0.05, 0) is 50.2 Å². The van der Waals surface area contributed by atoms with Crippen molar-refractivity contribution in [1.82, 2.24) is 25.3 Å². The number of anilines is 1. The third-order valence-corrected chi connectivity index (χ3v) is 8.65. The summed E-state index contributed by atoms with van der Waals surface area (Å²) in [6, 6.07) is 4.56. The number of halogens is 8. The lowest BCUT2D eigenvalue weighted by Crippen LogP contribution is -2.62. The van der Waals surface area contributed by atoms with Gasteiger partial charge in [-0.15, -0.1) is 0 Å². The molecule has 0 atom stereocenters. The van der Waals surface area contributed by atoms with Crippen LogP contribution in [0.15, 0.2) is 54.1 Å². The first kappa shape index (κ1) is 36.4. The number of likely N-dealkylation sites (N-methyl/N-ethyl adjacent to an activating group) is 2. The summed E-state index contributed by atoms with van der Waals surface area (Å²) >= 11 is 0. The molecule has 5 rings (SSSR count). The maximum Gasteiger partial charge on any atom is 0.433 e. The lowest BCUT2D eigenvalue weighted by Gasteiger charge is -2.48. The van der Waals surface area contributed by atoms with Crippen LogP contribution in [0.3, 0.4) is 0 Å². The Morgan fingerprint density at radius 3 is 2.34 bits per heavy atom. The van der Waals surface area contributed by atoms with E-state index >= 15 is 4.39 Å². The summed E-state index contributed by atoms with van der Waals surface area (Å²) in [5, 5.41) is 18.8. The fraction of sp³-hybridized carbons (Fsp3) is 0.375. The standard InChI is InChI=1S/C32H30F8N6O4/c1-41-11-12-50-22-8-5-17(25(33)26(22)34)15-46-29(49)24(27(47)30(45(46)2)9-3-4-10-30)28(48)44-20-7-6-18(31(35,36)37)13-19(20)21-14-23(32(38,39)40)43-16-42-21/h5-8,13-14,16,41,47H,3-4,9-12,15H2,1-2H3,(H,44,48). The number of hydrogen-bond acceptors (Lipinski definition) is 8. The number of ether oxygens (including phenoxy) is 1. The number of aromatic nitrogens is 2. The summed E-state index contributed by atoms with van der Waals surface area (Å²) in [5.74, 6) is -6.15. The van der Waals surface area contributed by atoms with Crippen molar-refractivity contribution in [2.24, 2.45) is 0 Å². The van der Waals surface area contributed by atoms with Gasteiger partial charge in [-0.2, -0.15) is 30.7 Å². The number of carbonyl (C=O) groups is 2. The second-order valence-electron chi connectivity index (χ2n) is 11.7. The number of rotatable bonds is 9. The Morgan fingerprint density at radius 2 is 1.70 bits per heavy atom. The van der Waals surface area contributed by atoms with Crippen LogP contribution in [-0.2, 0) is 28.5 Å². The van der Waals surface area contributed by atoms with Crippen LogP contribution >= 0.6 is 0 Å². The minimum absolute atomic E-state index is 0.0337. The molecule has 0 unspecified atom stereocenters. The first-order valence-corrected chi connectivity index (χ1v) is 15.2. The molecule has 3 N–H and O–H groups in total. The minimum atomic E-state index is -4.98. The molecule has 2 amide bonds. The fourth-order valence-corrected chi connectivity index (χ4v) is 6.00. The first-order chi connectivity index (χ1) is 23.5. The van der Waals surface area contributed by atoms with Gasteiger partial charge < -0.3 is 20.5 Å². The van der Waals surface area contributed by atoms with Crippen molar-refractivity contribution >= 4 is 17.5 Å². The van der Waals surface area contributed by atoms with Crippen LogP contribution in [0.5, 0.6) is 5.75 Å². The third-order valence-electron chi connectivity index (χ3n) is 8.65. The number of hydrogen-bond donors (Lipinski definition) is 3. The Hall–Kier alpha value is -4.84. The molecule has 10 nitrogen and oxygen atoms in total. The Bertz CT molecular complexity index is 1830. The number of aliphatic hydroxyl groups is 1. The van der Waals surface area contributed by atoms with Crippen molar-refractivity contribution in [1.29, 1.82) is 0 Å². The van der Waals surface area contributed by atoms with E-state index in [1.165, 1.54) is 24.2 Å². The number of hydrazine groups is 1. The topological polar surface area (TPSA) is 120 Å². The van der Waals surface area contributed by atoms with Gasteiger partial charge in [-0.1, -0.05) is 18.9 Å². The Kier molecular flexibility index (Phi) is 10.1. The molecular formula is C32H30F8N6O4. The molecule has 268 valence electrons. The lowest BCUT2D eigenvalue weighted by molar-refractivity contribution is -0.163. The molecule has 1 saturated carbocycles. The summed E-state index contributed by atoms with van der Waals surface area (Å²) in [7, 11) is 3.07. The van der Waals surface area contributed by atoms with Gasteiger partial charge >= 0.3 is 12.4 Å². The minimum Gasteiger partial charge on any atom is -0.509 e. The van der Waals surface area contributed by atoms with E-state index in [0.29, 0.717) is 43.9 Å². The normalized spacial score (nSPS) is 16.8. The van der Waals surface area contributed by atoms with Gasteiger partial charge in [0.25, 0.3) is 11.8 Å². The molecule has 2 aliphatic rings. The van der Waals surface area contributed by atoms with Crippen molar-refractivity contribution in [3.63, 3.8) is 0 Å². The number of amides is 2. The summed E-state index contributed by atoms with van der Waals surface area (Å²) < 4.78 is 117. The number of aliphatic hydroxyl groups excluding tert-OH is 1. The quantitative estimate of drug-likeness (QED) is 0.140. The van der Waals surface area contributed by atoms with Crippen molar-refractivity contribution in [3.8, 4) is 17.0 Å². The molecule has 0 radical (unpaired) electrons. The molecule has 50 heavy (non-hydrogen) atoms. The molecule has 0 bridgehead atoms. The number of benzene rings is 2. The number of alkyl halides is 6. The highest BCUT2D eigenvalue weighted by atomic mass is 19.4. The van der Waals surface area contributed by atoms with E-state index in [2.05, 4.69) is 20.6 Å². The van der Waals surface area contributed by atoms with Gasteiger partial charge in [0.2, 0.25) is 5.82 Å². The summed E-state index contributed by atoms with van der Waals surface area (Å²) in [6.07, 6.45) is -7.88. The van der Waals surface area contributed by atoms with Crippen molar-refractivity contribution in [2.45, 2.75) is 50.1 Å². The maximum atomic E-state index is 15.3. The molecule has 0 saturated heterocycles. The second-order valence-corrected chi connectivity index (χ2v) is 11.7. The maximum absolute atomic E-state index is 15.3. The van der Waals surface area contributed by atoms with Crippen LogP contribution < -0.4 is 15.4 Å². The predicted octanol–water partition coefficient (Wildman–Crippen LogP) is 6.01. The second kappa shape index (κ2) is 13.8. The van der Waals surface area contributed by atoms with Crippen LogP contribution in [0.4, 0.5) is 40.8 Å². The Labute approximate surface area is 279 Å². The van der Waals surface area contributed by atoms with E-state index in [0.717, 1.165) is 11.1 Å². The van der Waals surface area contributed by atoms with E-state index in [1.807, 2.05) is 0 Å². The summed E-state index contributed by atoms with van der Waals surface area (Å²) in [6.45, 7) is -0.223. The van der Waals surface area contributed by atoms with Gasteiger partial charge in [0, 0.05) is 24.7 Å². The van der Waals surface area contributed by atoms with E-state index in [9.17, 15) is 45.4 Å². The molecule has 1 aromatic heterocycles. The van der Waals surface area contributed by atoms with E-state index in [4.69, 9.17) is 4.74 Å². The fourth-order valence-electron chi connectivity index (χ4n) is 6.00. The number of nitrogens with zero attached hydrogens (tertiary/aromatic N) is 4. The lowest BCUT2D eigenvalue weighted by atomic mass is 9.88. The van der Waals surface area contributed by atoms with Crippen molar-refractivity contribution in [2.75, 3.05) is 32.6 Å². The predicted molar refractivity (Wildman–Crippen MR) is 161 cm³/mol. The molecular weight excluding hydrogens is 684 g/mol. The molecule has 1 aliphatic heterocycles. The number of nitrogens with one attached hydrogen (secondary N) is 2. The van der Waals surface area contributed by atoms with E-state index < -0.39 is 87.4 Å². The van der Waals surface area contributed by atoms with Gasteiger partial charge in [0.15, 0.2) is 11.6 Å². The molecule has 1 fully saturated rings. The largest absolute Gasteiger partial charge is 0.509 e. The van der Waals surface area contributed by atoms with Gasteiger partial charge in [-0.25, -0.2) is 19.4 Å². The molecule has 1 spiro atoms. The molecule has 2 aromatic carbocycles. The van der Waals surface area contributed by atoms with E-state index in [1.54, 1.807) is 7.05 Å². The monoisotopic (exact) mass is 714 g/mol. The molecule has 18 heteroatoms. The molecule has 1 aliphatic carbocycles. The zero-order chi connectivity index (χ0) is 36.6. The smallest absolute Gasteiger partial charge is 0.433 e. The highest BCUT2D eigenvalue weighted by Gasteiger charge is 2.53. The van der Waals surface area contributed by atoms with Crippen LogP contribution in [0, 0.1) is 11.6 Å². The number of carbonyl (C=O) groups excluding carboxylic acids is 2. The van der Waals surface area contributed by atoms with Gasteiger partial charge in [0.05, 0.1) is 29.0 Å². The van der Waals surface area contributed by atoms with Crippen molar-refractivity contribution < 1.29 is 54.6 Å². The van der Waals surface area contributed by atoms with Crippen LogP contribution in [0.25, 0.3) is 11.3 Å². The van der Waals surface area contributed by atoms with E-state index in [-0.39, 0.29) is 30.8 Å². The van der Waals surface area contributed by atoms with Gasteiger partial charge in [-0.3, -0.25) is 14.6 Å². The van der Waals surface area contributed by atoms with Crippen molar-refractivity contribution in [3.05, 3.63) is 82.5 Å². The average molecular weight is 715 g/mol. The van der Waals surface area contributed by atoms with Crippen LogP contribution in [-0.4, -0.2) is 69.7 Å².